The third-order valence-electron chi connectivity index (χ3n) is 4.91. The van der Waals surface area contributed by atoms with Gasteiger partial charge < -0.3 is 4.90 Å². The second-order valence-corrected chi connectivity index (χ2v) is 6.42. The van der Waals surface area contributed by atoms with Gasteiger partial charge >= 0.3 is 0 Å². The van der Waals surface area contributed by atoms with Gasteiger partial charge in [0.05, 0.1) is 17.7 Å². The molecule has 26 heavy (non-hydrogen) atoms. The number of anilines is 1. The van der Waals surface area contributed by atoms with Crippen molar-refractivity contribution < 1.29 is 9.59 Å². The molecule has 1 saturated heterocycles. The SMILES string of the molecule is CN1C(=O)CC[C@H](C(=O)Nc2nnc3ccccn23)[C@H]1c1ccnn1C. The minimum Gasteiger partial charge on any atom is -0.336 e. The highest BCUT2D eigenvalue weighted by atomic mass is 16.2. The zero-order valence-corrected chi connectivity index (χ0v) is 14.5. The molecule has 1 N–H and O–H groups in total. The number of carbonyl (C=O) groups excluding carboxylic acids is 2. The Balaban J connectivity index is 1.65. The fourth-order valence-corrected chi connectivity index (χ4v) is 3.52. The number of aryl methyl sites for hydroxylation is 1. The molecule has 0 radical (unpaired) electrons. The van der Waals surface area contributed by atoms with Gasteiger partial charge in [-0.15, -0.1) is 10.2 Å². The molecule has 1 fully saturated rings. The summed E-state index contributed by atoms with van der Waals surface area (Å²) in [6.45, 7) is 0. The molecular formula is C17H19N7O2. The Kier molecular flexibility index (Phi) is 3.90. The van der Waals surface area contributed by atoms with E-state index in [0.717, 1.165) is 5.69 Å². The van der Waals surface area contributed by atoms with Crippen LogP contribution < -0.4 is 5.32 Å². The fourth-order valence-electron chi connectivity index (χ4n) is 3.52. The summed E-state index contributed by atoms with van der Waals surface area (Å²) in [6.07, 6.45) is 4.27. The molecule has 0 aliphatic carbocycles. The lowest BCUT2D eigenvalue weighted by Crippen LogP contribution is -2.45. The summed E-state index contributed by atoms with van der Waals surface area (Å²) in [7, 11) is 3.54. The Bertz CT molecular complexity index is 976. The predicted octanol–water partition coefficient (Wildman–Crippen LogP) is 1.01. The van der Waals surface area contributed by atoms with E-state index >= 15 is 0 Å². The van der Waals surface area contributed by atoms with E-state index in [1.54, 1.807) is 33.4 Å². The highest BCUT2D eigenvalue weighted by molar-refractivity contribution is 5.93. The van der Waals surface area contributed by atoms with Crippen molar-refractivity contribution in [1.29, 1.82) is 0 Å². The number of likely N-dealkylation sites (tertiary alicyclic amines) is 1. The maximum Gasteiger partial charge on any atom is 0.235 e. The summed E-state index contributed by atoms with van der Waals surface area (Å²) in [5, 5.41) is 15.1. The van der Waals surface area contributed by atoms with Gasteiger partial charge in [0, 0.05) is 32.9 Å². The van der Waals surface area contributed by atoms with E-state index in [1.165, 1.54) is 0 Å². The molecule has 2 atom stereocenters. The summed E-state index contributed by atoms with van der Waals surface area (Å²) in [6, 6.07) is 6.98. The van der Waals surface area contributed by atoms with Crippen LogP contribution in [0.5, 0.6) is 0 Å². The van der Waals surface area contributed by atoms with Gasteiger partial charge in [0.1, 0.15) is 0 Å². The first kappa shape index (κ1) is 16.2. The van der Waals surface area contributed by atoms with Gasteiger partial charge in [0.15, 0.2) is 5.65 Å². The first-order chi connectivity index (χ1) is 12.6. The third-order valence-corrected chi connectivity index (χ3v) is 4.91. The van der Waals surface area contributed by atoms with Crippen LogP contribution in [-0.2, 0) is 16.6 Å². The van der Waals surface area contributed by atoms with Gasteiger partial charge in [0.2, 0.25) is 17.8 Å². The zero-order valence-electron chi connectivity index (χ0n) is 14.5. The number of amides is 2. The number of pyridine rings is 1. The molecule has 4 rings (SSSR count). The highest BCUT2D eigenvalue weighted by Gasteiger charge is 2.40. The standard InChI is InChI=1S/C17H19N7O2/c1-22-14(25)7-6-11(15(22)12-8-9-18-23(12)2)16(26)19-17-21-20-13-5-3-4-10-24(13)17/h3-5,8-11,15H,6-7H2,1-2H3,(H,19,21,26)/t11-,15-/m0/s1. The molecule has 134 valence electrons. The van der Waals surface area contributed by atoms with Gasteiger partial charge in [-0.25, -0.2) is 0 Å². The minimum absolute atomic E-state index is 0.0215. The molecule has 1 aliphatic heterocycles. The van der Waals surface area contributed by atoms with Gasteiger partial charge in [-0.3, -0.25) is 24.0 Å². The van der Waals surface area contributed by atoms with Crippen LogP contribution in [0.3, 0.4) is 0 Å². The van der Waals surface area contributed by atoms with Crippen molar-refractivity contribution in [3.63, 3.8) is 0 Å². The van der Waals surface area contributed by atoms with E-state index in [0.29, 0.717) is 24.4 Å². The van der Waals surface area contributed by atoms with E-state index in [4.69, 9.17) is 0 Å². The molecule has 3 aromatic rings. The van der Waals surface area contributed by atoms with Crippen LogP contribution in [0.15, 0.2) is 36.7 Å². The normalized spacial score (nSPS) is 20.5. The van der Waals surface area contributed by atoms with Crippen LogP contribution in [0.2, 0.25) is 0 Å². The molecule has 0 unspecified atom stereocenters. The number of aromatic nitrogens is 5. The lowest BCUT2D eigenvalue weighted by Gasteiger charge is -2.38. The molecule has 0 bridgehead atoms. The van der Waals surface area contributed by atoms with Crippen molar-refractivity contribution in [2.75, 3.05) is 12.4 Å². The second-order valence-electron chi connectivity index (χ2n) is 6.42. The molecule has 3 aromatic heterocycles. The fraction of sp³-hybridized carbons (Fsp3) is 0.353. The molecule has 0 saturated carbocycles. The van der Waals surface area contributed by atoms with Crippen LogP contribution in [-0.4, -0.2) is 48.1 Å². The van der Waals surface area contributed by atoms with E-state index in [1.807, 2.05) is 31.3 Å². The topological polar surface area (TPSA) is 97.4 Å². The van der Waals surface area contributed by atoms with E-state index in [2.05, 4.69) is 20.6 Å². The molecule has 1 aliphatic rings. The molecule has 9 nitrogen and oxygen atoms in total. The smallest absolute Gasteiger partial charge is 0.235 e. The van der Waals surface area contributed by atoms with E-state index in [9.17, 15) is 9.59 Å². The van der Waals surface area contributed by atoms with E-state index < -0.39 is 5.92 Å². The van der Waals surface area contributed by atoms with E-state index in [-0.39, 0.29) is 17.9 Å². The Hall–Kier alpha value is -3.23. The summed E-state index contributed by atoms with van der Waals surface area (Å²) in [4.78, 5) is 26.9. The number of nitrogens with one attached hydrogen (secondary N) is 1. The summed E-state index contributed by atoms with van der Waals surface area (Å²) >= 11 is 0. The molecule has 0 spiro atoms. The van der Waals surface area contributed by atoms with Crippen molar-refractivity contribution >= 4 is 23.4 Å². The number of carbonyl (C=O) groups is 2. The minimum atomic E-state index is -0.399. The summed E-state index contributed by atoms with van der Waals surface area (Å²) in [5.41, 5.74) is 1.48. The number of hydrogen-bond donors (Lipinski definition) is 1. The Labute approximate surface area is 149 Å². The number of nitrogens with zero attached hydrogens (tertiary/aromatic N) is 6. The summed E-state index contributed by atoms with van der Waals surface area (Å²) < 4.78 is 3.42. The van der Waals surface area contributed by atoms with Gasteiger partial charge in [-0.1, -0.05) is 6.07 Å². The van der Waals surface area contributed by atoms with Gasteiger partial charge in [-0.05, 0) is 24.6 Å². The van der Waals surface area contributed by atoms with Crippen LogP contribution in [0, 0.1) is 5.92 Å². The lowest BCUT2D eigenvalue weighted by molar-refractivity contribution is -0.140. The van der Waals surface area contributed by atoms with Crippen molar-refractivity contribution in [2.45, 2.75) is 18.9 Å². The lowest BCUT2D eigenvalue weighted by atomic mass is 9.86. The average molecular weight is 353 g/mol. The van der Waals surface area contributed by atoms with Crippen molar-refractivity contribution in [3.8, 4) is 0 Å². The van der Waals surface area contributed by atoms with Crippen molar-refractivity contribution in [2.24, 2.45) is 13.0 Å². The molecule has 2 amide bonds. The van der Waals surface area contributed by atoms with Gasteiger partial charge in [0.25, 0.3) is 0 Å². The number of hydrogen-bond acceptors (Lipinski definition) is 5. The molecule has 4 heterocycles. The Morgan fingerprint density at radius 3 is 2.85 bits per heavy atom. The van der Waals surface area contributed by atoms with Crippen LogP contribution in [0.25, 0.3) is 5.65 Å². The van der Waals surface area contributed by atoms with Crippen molar-refractivity contribution in [1.82, 2.24) is 29.3 Å². The summed E-state index contributed by atoms with van der Waals surface area (Å²) in [5.74, 6) is -0.194. The van der Waals surface area contributed by atoms with Crippen molar-refractivity contribution in [3.05, 3.63) is 42.4 Å². The van der Waals surface area contributed by atoms with Crippen LogP contribution in [0.4, 0.5) is 5.95 Å². The predicted molar refractivity (Wildman–Crippen MR) is 93.1 cm³/mol. The Morgan fingerprint density at radius 2 is 2.08 bits per heavy atom. The highest BCUT2D eigenvalue weighted by Crippen LogP contribution is 2.36. The Morgan fingerprint density at radius 1 is 1.23 bits per heavy atom. The second kappa shape index (κ2) is 6.25. The molecule has 0 aromatic carbocycles. The zero-order chi connectivity index (χ0) is 18.3. The monoisotopic (exact) mass is 353 g/mol. The largest absolute Gasteiger partial charge is 0.336 e. The maximum absolute atomic E-state index is 13.0. The molecular weight excluding hydrogens is 334 g/mol. The maximum atomic E-state index is 13.0. The van der Waals surface area contributed by atoms with Crippen LogP contribution >= 0.6 is 0 Å². The average Bonchev–Trinajstić information content (AvgIpc) is 3.24. The van der Waals surface area contributed by atoms with Crippen LogP contribution in [0.1, 0.15) is 24.6 Å². The number of piperidine rings is 1. The molecule has 9 heteroatoms. The first-order valence-electron chi connectivity index (χ1n) is 8.40. The quantitative estimate of drug-likeness (QED) is 0.758. The first-order valence-corrected chi connectivity index (χ1v) is 8.40. The number of rotatable bonds is 3. The third kappa shape index (κ3) is 2.61. The number of fused-ring (bicyclic) bond motifs is 1. The van der Waals surface area contributed by atoms with Gasteiger partial charge in [-0.2, -0.15) is 5.10 Å².